The minimum Gasteiger partial charge on any atom is -0.485 e. The molecule has 1 aromatic carbocycles. The molecule has 0 fully saturated rings. The van der Waals surface area contributed by atoms with Gasteiger partial charge in [0.15, 0.2) is 0 Å². The van der Waals surface area contributed by atoms with Crippen LogP contribution in [0.4, 0.5) is 0 Å². The Morgan fingerprint density at radius 1 is 1.13 bits per heavy atom. The average Bonchev–Trinajstić information content (AvgIpc) is 2.48. The van der Waals surface area contributed by atoms with Gasteiger partial charge in [-0.25, -0.2) is 0 Å². The van der Waals surface area contributed by atoms with E-state index in [9.17, 15) is 0 Å². The van der Waals surface area contributed by atoms with Crippen molar-refractivity contribution in [2.24, 2.45) is 5.92 Å². The minimum atomic E-state index is 0.117. The molecule has 0 N–H and O–H groups in total. The Morgan fingerprint density at radius 3 is 3.07 bits per heavy atom. The maximum absolute atomic E-state index is 5.94. The predicted molar refractivity (Wildman–Crippen MR) is 60.3 cm³/mol. The maximum Gasteiger partial charge on any atom is 0.127 e. The normalized spacial score (nSPS) is 26.4. The van der Waals surface area contributed by atoms with Gasteiger partial charge < -0.3 is 4.74 Å². The molecule has 0 saturated heterocycles. The Kier molecular flexibility index (Phi) is 1.95. The maximum atomic E-state index is 5.94. The molecule has 1 radical (unpaired) electrons. The molecule has 2 unspecified atom stereocenters. The Bertz CT molecular complexity index is 454. The highest BCUT2D eigenvalue weighted by Crippen LogP contribution is 2.29. The van der Waals surface area contributed by atoms with Crippen LogP contribution in [0, 0.1) is 12.0 Å². The summed E-state index contributed by atoms with van der Waals surface area (Å²) in [5, 5.41) is 0. The van der Waals surface area contributed by atoms with Crippen molar-refractivity contribution in [3.05, 3.63) is 60.2 Å². The average molecular weight is 195 g/mol. The smallest absolute Gasteiger partial charge is 0.127 e. The highest BCUT2D eigenvalue weighted by Gasteiger charge is 2.21. The Labute approximate surface area is 89.4 Å². The summed E-state index contributed by atoms with van der Waals surface area (Å²) in [6, 6.07) is 8.11. The number of ether oxygens (including phenoxy) is 1. The summed E-state index contributed by atoms with van der Waals surface area (Å²) in [6.45, 7) is 0. The molecule has 0 bridgehead atoms. The summed E-state index contributed by atoms with van der Waals surface area (Å²) in [5.74, 6) is 1.27. The number of fused-ring (bicyclic) bond motifs is 2. The topological polar surface area (TPSA) is 9.23 Å². The monoisotopic (exact) mass is 195 g/mol. The summed E-state index contributed by atoms with van der Waals surface area (Å²) >= 11 is 0. The van der Waals surface area contributed by atoms with Crippen molar-refractivity contribution in [1.29, 1.82) is 0 Å². The van der Waals surface area contributed by atoms with Crippen LogP contribution in [-0.4, -0.2) is 6.10 Å². The fourth-order valence-electron chi connectivity index (χ4n) is 1.91. The molecule has 15 heavy (non-hydrogen) atoms. The van der Waals surface area contributed by atoms with E-state index in [-0.39, 0.29) is 6.10 Å². The van der Waals surface area contributed by atoms with Gasteiger partial charge in [-0.05, 0) is 18.2 Å². The van der Waals surface area contributed by atoms with Gasteiger partial charge in [-0.3, -0.25) is 0 Å². The van der Waals surface area contributed by atoms with E-state index >= 15 is 0 Å². The summed E-state index contributed by atoms with van der Waals surface area (Å²) in [6.07, 6.45) is 13.5. The molecule has 1 heteroatoms. The lowest BCUT2D eigenvalue weighted by molar-refractivity contribution is 0.223. The van der Waals surface area contributed by atoms with Gasteiger partial charge in [0.2, 0.25) is 0 Å². The van der Waals surface area contributed by atoms with Gasteiger partial charge in [0.05, 0.1) is 0 Å². The van der Waals surface area contributed by atoms with Gasteiger partial charge in [-0.2, -0.15) is 0 Å². The molecule has 1 aromatic rings. The van der Waals surface area contributed by atoms with Crippen LogP contribution in [0.2, 0.25) is 0 Å². The summed E-state index contributed by atoms with van der Waals surface area (Å²) < 4.78 is 5.94. The number of allylic oxidation sites excluding steroid dienone is 2. The number of para-hydroxylation sites is 1. The van der Waals surface area contributed by atoms with Crippen LogP contribution in [0.15, 0.2) is 48.6 Å². The molecule has 2 atom stereocenters. The second-order valence-corrected chi connectivity index (χ2v) is 3.75. The number of hydrogen-bond acceptors (Lipinski definition) is 1. The van der Waals surface area contributed by atoms with Crippen molar-refractivity contribution in [2.75, 3.05) is 0 Å². The highest BCUT2D eigenvalue weighted by atomic mass is 16.5. The van der Waals surface area contributed by atoms with Gasteiger partial charge in [0.1, 0.15) is 11.9 Å². The molecule has 0 amide bonds. The zero-order chi connectivity index (χ0) is 10.1. The second-order valence-electron chi connectivity index (χ2n) is 3.75. The molecular weight excluding hydrogens is 184 g/mol. The third kappa shape index (κ3) is 1.50. The van der Waals surface area contributed by atoms with E-state index in [2.05, 4.69) is 30.4 Å². The van der Waals surface area contributed by atoms with Crippen molar-refractivity contribution < 1.29 is 4.74 Å². The SMILES string of the molecule is [C]1=CC2C=Cc3ccccc3OC2C=C1. The van der Waals surface area contributed by atoms with E-state index in [0.717, 1.165) is 11.3 Å². The molecule has 73 valence electrons. The fourth-order valence-corrected chi connectivity index (χ4v) is 1.91. The lowest BCUT2D eigenvalue weighted by Crippen LogP contribution is -2.22. The van der Waals surface area contributed by atoms with Gasteiger partial charge in [0, 0.05) is 11.5 Å². The lowest BCUT2D eigenvalue weighted by Gasteiger charge is -2.21. The van der Waals surface area contributed by atoms with Gasteiger partial charge in [-0.15, -0.1) is 0 Å². The molecule has 0 spiro atoms. The minimum absolute atomic E-state index is 0.117. The van der Waals surface area contributed by atoms with Crippen LogP contribution in [0.1, 0.15) is 5.56 Å². The zero-order valence-electron chi connectivity index (χ0n) is 8.26. The van der Waals surface area contributed by atoms with Gasteiger partial charge in [0.25, 0.3) is 0 Å². The van der Waals surface area contributed by atoms with Crippen LogP contribution >= 0.6 is 0 Å². The molecular formula is C14H11O. The summed E-state index contributed by atoms with van der Waals surface area (Å²) in [7, 11) is 0. The van der Waals surface area contributed by atoms with Crippen molar-refractivity contribution in [3.8, 4) is 5.75 Å². The van der Waals surface area contributed by atoms with Crippen LogP contribution in [0.3, 0.4) is 0 Å². The highest BCUT2D eigenvalue weighted by molar-refractivity contribution is 5.59. The van der Waals surface area contributed by atoms with Crippen LogP contribution < -0.4 is 4.74 Å². The molecule has 1 nitrogen and oxygen atoms in total. The molecule has 3 rings (SSSR count). The molecule has 0 aromatic heterocycles. The molecule has 0 saturated carbocycles. The quantitative estimate of drug-likeness (QED) is 0.618. The fraction of sp³-hybridized carbons (Fsp3) is 0.143. The zero-order valence-corrected chi connectivity index (χ0v) is 8.26. The summed E-state index contributed by atoms with van der Waals surface area (Å²) in [5.41, 5.74) is 1.15. The van der Waals surface area contributed by atoms with Crippen molar-refractivity contribution in [3.63, 3.8) is 0 Å². The number of benzene rings is 1. The molecule has 2 aliphatic rings. The lowest BCUT2D eigenvalue weighted by atomic mass is 9.97. The van der Waals surface area contributed by atoms with E-state index in [0.29, 0.717) is 5.92 Å². The van der Waals surface area contributed by atoms with E-state index in [1.165, 1.54) is 0 Å². The van der Waals surface area contributed by atoms with Crippen LogP contribution in [0.5, 0.6) is 5.75 Å². The molecule has 1 aliphatic heterocycles. The Balaban J connectivity index is 2.04. The van der Waals surface area contributed by atoms with Gasteiger partial charge in [-0.1, -0.05) is 42.5 Å². The molecule has 1 aliphatic carbocycles. The van der Waals surface area contributed by atoms with E-state index < -0.39 is 0 Å². The first-order valence-corrected chi connectivity index (χ1v) is 5.13. The predicted octanol–water partition coefficient (Wildman–Crippen LogP) is 3.01. The Morgan fingerprint density at radius 2 is 2.07 bits per heavy atom. The molecule has 1 heterocycles. The van der Waals surface area contributed by atoms with Gasteiger partial charge >= 0.3 is 0 Å². The second kappa shape index (κ2) is 3.43. The van der Waals surface area contributed by atoms with Crippen molar-refractivity contribution in [1.82, 2.24) is 0 Å². The van der Waals surface area contributed by atoms with E-state index in [1.54, 1.807) is 0 Å². The standard InChI is InChI=1S/C14H11O/c1-3-7-13-11(5-1)9-10-12-6-2-4-8-14(12)15-13/h1,3-10,12,14H. The van der Waals surface area contributed by atoms with E-state index in [1.807, 2.05) is 30.4 Å². The van der Waals surface area contributed by atoms with E-state index in [4.69, 9.17) is 4.74 Å². The first-order chi connectivity index (χ1) is 7.43. The largest absolute Gasteiger partial charge is 0.485 e. The number of hydrogen-bond donors (Lipinski definition) is 0. The van der Waals surface area contributed by atoms with Crippen molar-refractivity contribution >= 4 is 6.08 Å². The summed E-state index contributed by atoms with van der Waals surface area (Å²) in [4.78, 5) is 0. The number of rotatable bonds is 0. The Hall–Kier alpha value is -1.76. The first kappa shape index (κ1) is 8.54. The third-order valence-electron chi connectivity index (χ3n) is 2.73. The third-order valence-corrected chi connectivity index (χ3v) is 2.73. The van der Waals surface area contributed by atoms with Crippen LogP contribution in [0.25, 0.3) is 6.08 Å². The van der Waals surface area contributed by atoms with Crippen molar-refractivity contribution in [2.45, 2.75) is 6.10 Å². The van der Waals surface area contributed by atoms with Crippen LogP contribution in [-0.2, 0) is 0 Å². The first-order valence-electron chi connectivity index (χ1n) is 5.13.